The van der Waals surface area contributed by atoms with Crippen LogP contribution in [-0.2, 0) is 6.54 Å². The summed E-state index contributed by atoms with van der Waals surface area (Å²) in [4.78, 5) is 12.4. The van der Waals surface area contributed by atoms with Gasteiger partial charge in [-0.05, 0) is 50.6 Å². The number of carbonyl (C=O) groups excluding carboxylic acids is 1. The smallest absolute Gasteiger partial charge is 0.274 e. The normalized spacial score (nSPS) is 14.9. The van der Waals surface area contributed by atoms with Crippen LogP contribution in [-0.4, -0.2) is 34.0 Å². The van der Waals surface area contributed by atoms with Crippen LogP contribution in [0.1, 0.15) is 40.6 Å². The van der Waals surface area contributed by atoms with Crippen molar-refractivity contribution in [1.82, 2.24) is 25.6 Å². The van der Waals surface area contributed by atoms with Gasteiger partial charge in [0, 0.05) is 11.0 Å². The lowest BCUT2D eigenvalue weighted by Gasteiger charge is -2.23. The standard InChI is InChI=1S/C16H20BrN5O.ClH/c1-11-15(20-21-22(11)14-5-7-18-8-6-14)16(23)19-10-12-3-2-4-13(17)9-12;/h2-4,9,14,18H,5-8,10H2,1H3,(H,19,23);1H. The van der Waals surface area contributed by atoms with Crippen molar-refractivity contribution < 1.29 is 4.79 Å². The zero-order valence-corrected chi connectivity index (χ0v) is 15.9. The highest BCUT2D eigenvalue weighted by molar-refractivity contribution is 9.10. The molecule has 130 valence electrons. The molecule has 1 saturated heterocycles. The summed E-state index contributed by atoms with van der Waals surface area (Å²) in [5.74, 6) is -0.178. The predicted molar refractivity (Wildman–Crippen MR) is 98.5 cm³/mol. The van der Waals surface area contributed by atoms with Gasteiger partial charge in [0.1, 0.15) is 0 Å². The molecule has 0 saturated carbocycles. The van der Waals surface area contributed by atoms with E-state index in [1.165, 1.54) is 0 Å². The van der Waals surface area contributed by atoms with Crippen molar-refractivity contribution in [2.45, 2.75) is 32.4 Å². The highest BCUT2D eigenvalue weighted by Crippen LogP contribution is 2.20. The minimum Gasteiger partial charge on any atom is -0.347 e. The predicted octanol–water partition coefficient (Wildman–Crippen LogP) is 2.63. The van der Waals surface area contributed by atoms with Crippen molar-refractivity contribution >= 4 is 34.2 Å². The summed E-state index contributed by atoms with van der Waals surface area (Å²) in [6, 6.07) is 8.20. The summed E-state index contributed by atoms with van der Waals surface area (Å²) in [5.41, 5.74) is 2.29. The van der Waals surface area contributed by atoms with Gasteiger partial charge in [0.05, 0.1) is 11.7 Å². The number of amides is 1. The van der Waals surface area contributed by atoms with Crippen molar-refractivity contribution in [2.75, 3.05) is 13.1 Å². The third kappa shape index (κ3) is 4.34. The van der Waals surface area contributed by atoms with Gasteiger partial charge in [-0.3, -0.25) is 4.79 Å². The van der Waals surface area contributed by atoms with E-state index in [-0.39, 0.29) is 18.3 Å². The Kier molecular flexibility index (Phi) is 6.77. The molecule has 8 heteroatoms. The molecule has 2 aromatic rings. The van der Waals surface area contributed by atoms with Gasteiger partial charge in [0.25, 0.3) is 5.91 Å². The molecular formula is C16H21BrClN5O. The number of rotatable bonds is 4. The number of piperidine rings is 1. The van der Waals surface area contributed by atoms with Gasteiger partial charge in [-0.15, -0.1) is 17.5 Å². The minimum absolute atomic E-state index is 0. The van der Waals surface area contributed by atoms with Gasteiger partial charge in [-0.25, -0.2) is 4.68 Å². The molecule has 0 atom stereocenters. The number of carbonyl (C=O) groups is 1. The Morgan fingerprint density at radius 2 is 2.17 bits per heavy atom. The van der Waals surface area contributed by atoms with E-state index in [0.29, 0.717) is 18.3 Å². The van der Waals surface area contributed by atoms with Gasteiger partial charge in [0.15, 0.2) is 5.69 Å². The molecule has 1 fully saturated rings. The van der Waals surface area contributed by atoms with Crippen LogP contribution in [0.2, 0.25) is 0 Å². The van der Waals surface area contributed by atoms with Crippen LogP contribution in [0.3, 0.4) is 0 Å². The fourth-order valence-corrected chi connectivity index (χ4v) is 3.31. The molecule has 1 aromatic heterocycles. The van der Waals surface area contributed by atoms with Crippen molar-refractivity contribution in [1.29, 1.82) is 0 Å². The summed E-state index contributed by atoms with van der Waals surface area (Å²) >= 11 is 3.43. The maximum absolute atomic E-state index is 12.4. The molecule has 3 rings (SSSR count). The van der Waals surface area contributed by atoms with E-state index >= 15 is 0 Å². The maximum Gasteiger partial charge on any atom is 0.274 e. The van der Waals surface area contributed by atoms with Crippen LogP contribution in [0.25, 0.3) is 0 Å². The lowest BCUT2D eigenvalue weighted by molar-refractivity contribution is 0.0945. The number of hydrogen-bond acceptors (Lipinski definition) is 4. The van der Waals surface area contributed by atoms with Gasteiger partial charge in [-0.2, -0.15) is 0 Å². The quantitative estimate of drug-likeness (QED) is 0.807. The lowest BCUT2D eigenvalue weighted by atomic mass is 10.1. The van der Waals surface area contributed by atoms with Gasteiger partial charge in [-0.1, -0.05) is 33.3 Å². The fourth-order valence-electron chi connectivity index (χ4n) is 2.86. The Morgan fingerprint density at radius 3 is 2.88 bits per heavy atom. The Bertz CT molecular complexity index is 700. The molecule has 0 unspecified atom stereocenters. The SMILES string of the molecule is Cc1c(C(=O)NCc2cccc(Br)c2)nnn1C1CCNCC1.Cl. The largest absolute Gasteiger partial charge is 0.347 e. The third-order valence-corrected chi connectivity index (χ3v) is 4.63. The van der Waals surface area contributed by atoms with Crippen molar-refractivity contribution in [2.24, 2.45) is 0 Å². The van der Waals surface area contributed by atoms with Gasteiger partial charge < -0.3 is 10.6 Å². The highest BCUT2D eigenvalue weighted by Gasteiger charge is 2.22. The molecule has 0 bridgehead atoms. The van der Waals surface area contributed by atoms with Crippen LogP contribution in [0.4, 0.5) is 0 Å². The average Bonchev–Trinajstić information content (AvgIpc) is 2.95. The number of nitrogens with one attached hydrogen (secondary N) is 2. The zero-order valence-electron chi connectivity index (χ0n) is 13.5. The van der Waals surface area contributed by atoms with E-state index in [1.807, 2.05) is 35.9 Å². The van der Waals surface area contributed by atoms with Gasteiger partial charge >= 0.3 is 0 Å². The maximum atomic E-state index is 12.4. The average molecular weight is 415 g/mol. The monoisotopic (exact) mass is 413 g/mol. The van der Waals surface area contributed by atoms with Crippen LogP contribution in [0.5, 0.6) is 0 Å². The Balaban J connectivity index is 0.00000208. The molecule has 6 nitrogen and oxygen atoms in total. The van der Waals surface area contributed by atoms with Crippen LogP contribution in [0, 0.1) is 6.92 Å². The molecule has 1 amide bonds. The third-order valence-electron chi connectivity index (χ3n) is 4.14. The fraction of sp³-hybridized carbons (Fsp3) is 0.438. The Morgan fingerprint density at radius 1 is 1.42 bits per heavy atom. The van der Waals surface area contributed by atoms with Crippen LogP contribution in [0.15, 0.2) is 28.7 Å². The molecule has 1 aliphatic heterocycles. The number of hydrogen-bond donors (Lipinski definition) is 2. The molecule has 0 aliphatic carbocycles. The zero-order chi connectivity index (χ0) is 16.2. The van der Waals surface area contributed by atoms with E-state index in [9.17, 15) is 4.79 Å². The van der Waals surface area contributed by atoms with Gasteiger partial charge in [0.2, 0.25) is 0 Å². The van der Waals surface area contributed by atoms with Crippen LogP contribution < -0.4 is 10.6 Å². The van der Waals surface area contributed by atoms with E-state index in [0.717, 1.165) is 41.7 Å². The second kappa shape index (κ2) is 8.60. The number of benzene rings is 1. The Hall–Kier alpha value is -1.44. The molecule has 2 heterocycles. The summed E-state index contributed by atoms with van der Waals surface area (Å²) in [6.45, 7) is 4.34. The molecule has 0 spiro atoms. The van der Waals surface area contributed by atoms with E-state index in [1.54, 1.807) is 0 Å². The summed E-state index contributed by atoms with van der Waals surface area (Å²) in [5, 5.41) is 14.5. The topological polar surface area (TPSA) is 71.8 Å². The van der Waals surface area contributed by atoms with E-state index in [2.05, 4.69) is 36.9 Å². The lowest BCUT2D eigenvalue weighted by Crippen LogP contribution is -2.30. The molecular weight excluding hydrogens is 394 g/mol. The van der Waals surface area contributed by atoms with Crippen molar-refractivity contribution in [3.8, 4) is 0 Å². The second-order valence-electron chi connectivity index (χ2n) is 5.76. The molecule has 0 radical (unpaired) electrons. The second-order valence-corrected chi connectivity index (χ2v) is 6.68. The molecule has 1 aromatic carbocycles. The van der Waals surface area contributed by atoms with E-state index < -0.39 is 0 Å². The van der Waals surface area contributed by atoms with Crippen molar-refractivity contribution in [3.05, 3.63) is 45.7 Å². The number of nitrogens with zero attached hydrogens (tertiary/aromatic N) is 3. The number of aromatic nitrogens is 3. The first-order valence-corrected chi connectivity index (χ1v) is 8.59. The molecule has 24 heavy (non-hydrogen) atoms. The molecule has 1 aliphatic rings. The summed E-state index contributed by atoms with van der Waals surface area (Å²) < 4.78 is 2.90. The van der Waals surface area contributed by atoms with Crippen LogP contribution >= 0.6 is 28.3 Å². The first-order valence-electron chi connectivity index (χ1n) is 7.80. The van der Waals surface area contributed by atoms with E-state index in [4.69, 9.17) is 0 Å². The summed E-state index contributed by atoms with van der Waals surface area (Å²) in [7, 11) is 0. The first-order chi connectivity index (χ1) is 11.1. The van der Waals surface area contributed by atoms with Crippen molar-refractivity contribution in [3.63, 3.8) is 0 Å². The highest BCUT2D eigenvalue weighted by atomic mass is 79.9. The Labute approximate surface area is 155 Å². The molecule has 2 N–H and O–H groups in total. The minimum atomic E-state index is -0.178. The summed E-state index contributed by atoms with van der Waals surface area (Å²) in [6.07, 6.45) is 2.03. The first kappa shape index (κ1) is 18.9. The number of halogens is 2.